The highest BCUT2D eigenvalue weighted by Crippen LogP contribution is 2.53. The lowest BCUT2D eigenvalue weighted by molar-refractivity contribution is 0.652. The zero-order chi connectivity index (χ0) is 89.9. The maximum atomic E-state index is 5.22. The molecule has 632 valence electrons. The topological polar surface area (TPSA) is 142 Å². The van der Waals surface area contributed by atoms with E-state index in [4.69, 9.17) is 44.9 Å². The molecule has 1 aliphatic carbocycles. The summed E-state index contributed by atoms with van der Waals surface area (Å²) in [5.41, 5.74) is 23.2. The van der Waals surface area contributed by atoms with Crippen molar-refractivity contribution in [2.45, 2.75) is 19.3 Å². The van der Waals surface area contributed by atoms with Gasteiger partial charge in [-0.1, -0.05) is 360 Å². The summed E-state index contributed by atoms with van der Waals surface area (Å²) in [5, 5.41) is 21.8. The van der Waals surface area contributed by atoms with E-state index in [1.807, 2.05) is 134 Å². The van der Waals surface area contributed by atoms with Crippen LogP contribution in [0.15, 0.2) is 456 Å². The molecule has 0 fully saturated rings. The number of fused-ring (bicyclic) bond motifs is 9. The Morgan fingerprint density at radius 3 is 0.919 bits per heavy atom. The van der Waals surface area contributed by atoms with Crippen molar-refractivity contribution in [3.05, 3.63) is 467 Å². The summed E-state index contributed by atoms with van der Waals surface area (Å²) in [4.78, 5) is 53.9. The molecule has 1 aliphatic rings. The van der Waals surface area contributed by atoms with E-state index >= 15 is 0 Å². The first-order valence-electron chi connectivity index (χ1n) is 45.5. The zero-order valence-corrected chi connectivity index (χ0v) is 73.7. The first kappa shape index (κ1) is 80.4. The monoisotopic (exact) mass is 1720 g/mol. The normalized spacial score (nSPS) is 12.0. The highest BCUT2D eigenvalue weighted by Gasteiger charge is 2.35. The van der Waals surface area contributed by atoms with E-state index in [0.29, 0.717) is 40.6 Å². The standard InChI is InChI=1S/C43H30N2.C41H25N5.C40H26N4/c1-43(2)36-21-19-32(38-23-15-30(25-44-38)27-9-5-3-6-10-27)34-17-13-29-14-18-35-33(20-22-37(43)42(35)40(29)41(34)36)39-24-16-31(26-45-39)28-11-7-4-8-12-28;1-3-13-30-26(10-1)22-36(34-17-7-5-15-32(30)34)39-44-40(37-23-27-11-2-4-14-31(27)33-16-6-8-18-35(33)37)46-41(45-39)38-20-19-29(25-43-38)28-12-9-21-42-24-28;1-3-12-27(13-4-1)38-42-39(28-14-5-2-6-15-28)44-40(43-38)33-23-31(30-17-11-21-41-26-30)22-32(24-33)37-25-29-16-7-8-18-34(29)35-19-9-10-20-36(35)37/h3-26H,1-2H3;1-25H;1-26H. The van der Waals surface area contributed by atoms with Crippen molar-refractivity contribution in [2.24, 2.45) is 0 Å². The number of rotatable bonds is 13. The van der Waals surface area contributed by atoms with Crippen LogP contribution in [-0.4, -0.2) is 54.8 Å². The Morgan fingerprint density at radius 1 is 0.170 bits per heavy atom. The highest BCUT2D eigenvalue weighted by molar-refractivity contribution is 6.28. The van der Waals surface area contributed by atoms with Gasteiger partial charge in [-0.2, -0.15) is 0 Å². The quantitative estimate of drug-likeness (QED) is 0.102. The average Bonchev–Trinajstić information content (AvgIpc) is 0.689. The minimum absolute atomic E-state index is 0.161. The second-order valence-electron chi connectivity index (χ2n) is 34.7. The molecule has 7 aromatic heterocycles. The molecule has 0 atom stereocenters. The first-order valence-corrected chi connectivity index (χ1v) is 45.5. The second kappa shape index (κ2) is 34.2. The fourth-order valence-electron chi connectivity index (χ4n) is 19.7. The van der Waals surface area contributed by atoms with E-state index < -0.39 is 0 Å². The Kier molecular flexibility index (Phi) is 20.3. The van der Waals surface area contributed by atoms with Gasteiger partial charge in [0.25, 0.3) is 0 Å². The zero-order valence-electron chi connectivity index (χ0n) is 73.7. The molecule has 25 aromatic rings. The average molecular weight is 1730 g/mol. The molecule has 7 heterocycles. The molecule has 11 nitrogen and oxygen atoms in total. The third-order valence-corrected chi connectivity index (χ3v) is 26.4. The van der Waals surface area contributed by atoms with E-state index in [1.165, 1.54) is 98.0 Å². The number of aromatic nitrogens is 11. The third kappa shape index (κ3) is 14.9. The molecule has 135 heavy (non-hydrogen) atoms. The molecule has 0 radical (unpaired) electrons. The summed E-state index contributed by atoms with van der Waals surface area (Å²) in [6.07, 6.45) is 13.2. The summed E-state index contributed by atoms with van der Waals surface area (Å²) in [6.45, 7) is 4.73. The molecule has 0 N–H and O–H groups in total. The molecule has 0 amide bonds. The van der Waals surface area contributed by atoms with E-state index in [-0.39, 0.29) is 5.41 Å². The molecule has 0 aliphatic heterocycles. The van der Waals surface area contributed by atoms with Gasteiger partial charge in [-0.25, -0.2) is 29.9 Å². The predicted octanol–water partition coefficient (Wildman–Crippen LogP) is 31.1. The smallest absolute Gasteiger partial charge is 0.182 e. The van der Waals surface area contributed by atoms with Crippen molar-refractivity contribution >= 4 is 97.0 Å². The predicted molar refractivity (Wildman–Crippen MR) is 555 cm³/mol. The van der Waals surface area contributed by atoms with Crippen molar-refractivity contribution < 1.29 is 0 Å². The SMILES string of the molecule is CC1(C)c2ccc(-c3ccc(-c4ccccc4)cn3)c3ccc4ccc5c(-c6ccc(-c7ccccc7)cn6)ccc1c5c4c23.c1ccc(-c2nc(-c3ccccc3)nc(-c3cc(-c4cccnc4)cc(-c4cc5ccccc5c5ccccc45)c3)n2)cc1.c1cncc(-c2ccc(-c3nc(-c4cc5ccccc5c5ccccc45)nc(-c4cc5ccccc5c5ccccc45)n3)nc2)c1. The van der Waals surface area contributed by atoms with E-state index in [1.54, 1.807) is 12.4 Å². The van der Waals surface area contributed by atoms with Gasteiger partial charge in [-0.3, -0.25) is 24.9 Å². The van der Waals surface area contributed by atoms with Crippen LogP contribution in [0, 0.1) is 0 Å². The van der Waals surface area contributed by atoms with Gasteiger partial charge in [0.2, 0.25) is 0 Å². The van der Waals surface area contributed by atoms with Crippen molar-refractivity contribution in [1.82, 2.24) is 54.8 Å². The third-order valence-electron chi connectivity index (χ3n) is 26.4. The van der Waals surface area contributed by atoms with Gasteiger partial charge in [0, 0.05) is 116 Å². The Balaban J connectivity index is 0.000000111. The number of pyridine rings is 5. The molecule has 18 aromatic carbocycles. The fraction of sp³-hybridized carbons (Fsp3) is 0.0242. The van der Waals surface area contributed by atoms with Gasteiger partial charge >= 0.3 is 0 Å². The van der Waals surface area contributed by atoms with E-state index in [9.17, 15) is 0 Å². The summed E-state index contributed by atoms with van der Waals surface area (Å²) < 4.78 is 0. The second-order valence-corrected chi connectivity index (χ2v) is 34.7. The van der Waals surface area contributed by atoms with Gasteiger partial charge in [0.15, 0.2) is 34.9 Å². The number of nitrogens with zero attached hydrogens (tertiary/aromatic N) is 11. The Labute approximate surface area is 779 Å². The van der Waals surface area contributed by atoms with Crippen LogP contribution in [0.5, 0.6) is 0 Å². The minimum Gasteiger partial charge on any atom is -0.264 e. The highest BCUT2D eigenvalue weighted by atomic mass is 15.1. The number of hydrogen-bond donors (Lipinski definition) is 0. The minimum atomic E-state index is -0.161. The molecule has 0 saturated carbocycles. The lowest BCUT2D eigenvalue weighted by atomic mass is 9.68. The summed E-state index contributed by atoms with van der Waals surface area (Å²) >= 11 is 0. The molecule has 0 saturated heterocycles. The number of benzene rings is 18. The van der Waals surface area contributed by atoms with Crippen molar-refractivity contribution in [3.8, 4) is 147 Å². The maximum absolute atomic E-state index is 5.22. The summed E-state index contributed by atoms with van der Waals surface area (Å²) in [6, 6.07) is 144. The van der Waals surface area contributed by atoms with Crippen LogP contribution in [0.1, 0.15) is 25.0 Å². The largest absolute Gasteiger partial charge is 0.264 e. The van der Waals surface area contributed by atoms with Gasteiger partial charge in [0.05, 0.1) is 11.4 Å². The van der Waals surface area contributed by atoms with Crippen molar-refractivity contribution in [1.29, 1.82) is 0 Å². The van der Waals surface area contributed by atoms with Crippen LogP contribution in [0.2, 0.25) is 0 Å². The number of hydrogen-bond acceptors (Lipinski definition) is 11. The lowest BCUT2D eigenvalue weighted by Gasteiger charge is -2.35. The van der Waals surface area contributed by atoms with Crippen LogP contribution < -0.4 is 0 Å². The van der Waals surface area contributed by atoms with Gasteiger partial charge in [-0.15, -0.1) is 0 Å². The van der Waals surface area contributed by atoms with Gasteiger partial charge < -0.3 is 0 Å². The summed E-state index contributed by atoms with van der Waals surface area (Å²) in [7, 11) is 0. The van der Waals surface area contributed by atoms with Gasteiger partial charge in [0.1, 0.15) is 5.69 Å². The van der Waals surface area contributed by atoms with E-state index in [2.05, 4.69) is 333 Å². The molecular weight excluding hydrogens is 1640 g/mol. The van der Waals surface area contributed by atoms with Gasteiger partial charge in [-0.05, 0) is 203 Å². The van der Waals surface area contributed by atoms with Crippen LogP contribution >= 0.6 is 0 Å². The van der Waals surface area contributed by atoms with Crippen LogP contribution in [0.25, 0.3) is 244 Å². The summed E-state index contributed by atoms with van der Waals surface area (Å²) in [5.74, 6) is 3.63. The van der Waals surface area contributed by atoms with Crippen LogP contribution in [0.3, 0.4) is 0 Å². The Hall–Kier alpha value is -17.9. The molecule has 11 heteroatoms. The first-order chi connectivity index (χ1) is 66.7. The molecule has 0 unspecified atom stereocenters. The van der Waals surface area contributed by atoms with Crippen LogP contribution in [0.4, 0.5) is 0 Å². The van der Waals surface area contributed by atoms with Crippen molar-refractivity contribution in [3.63, 3.8) is 0 Å². The van der Waals surface area contributed by atoms with E-state index in [0.717, 1.165) is 116 Å². The lowest BCUT2D eigenvalue weighted by Crippen LogP contribution is -2.22. The van der Waals surface area contributed by atoms with Crippen LogP contribution in [-0.2, 0) is 5.41 Å². The Bertz CT molecular complexity index is 8540. The van der Waals surface area contributed by atoms with Crippen molar-refractivity contribution in [2.75, 3.05) is 0 Å². The molecule has 0 bridgehead atoms. The Morgan fingerprint density at radius 2 is 0.496 bits per heavy atom. The maximum Gasteiger partial charge on any atom is 0.182 e. The molecule has 26 rings (SSSR count). The molecule has 0 spiro atoms. The molecular formula is C124H81N11. The fourth-order valence-corrected chi connectivity index (χ4v) is 19.7.